The highest BCUT2D eigenvalue weighted by Crippen LogP contribution is 2.27. The zero-order valence-electron chi connectivity index (χ0n) is 13.8. The van der Waals surface area contributed by atoms with Crippen LogP contribution in [0, 0.1) is 6.92 Å². The van der Waals surface area contributed by atoms with Crippen molar-refractivity contribution in [1.29, 1.82) is 0 Å². The van der Waals surface area contributed by atoms with Crippen LogP contribution in [-0.4, -0.2) is 28.0 Å². The molecule has 1 amide bonds. The van der Waals surface area contributed by atoms with E-state index in [1.54, 1.807) is 37.3 Å². The number of para-hydroxylation sites is 2. The monoisotopic (exact) mass is 348 g/mol. The molecular weight excluding hydrogens is 328 g/mol. The number of ether oxygens (including phenoxy) is 1. The summed E-state index contributed by atoms with van der Waals surface area (Å²) in [5.41, 5.74) is 1.36. The second kappa shape index (κ2) is 7.35. The Morgan fingerprint density at radius 1 is 1.17 bits per heavy atom. The fraction of sp³-hybridized carbons (Fsp3) is 0.235. The lowest BCUT2D eigenvalue weighted by atomic mass is 10.1. The third kappa shape index (κ3) is 3.86. The van der Waals surface area contributed by atoms with E-state index in [1.165, 1.54) is 19.2 Å². The Morgan fingerprint density at radius 3 is 2.54 bits per heavy atom. The molecule has 0 spiro atoms. The van der Waals surface area contributed by atoms with Gasteiger partial charge in [-0.3, -0.25) is 9.52 Å². The Morgan fingerprint density at radius 2 is 1.88 bits per heavy atom. The number of amides is 1. The average molecular weight is 348 g/mol. The summed E-state index contributed by atoms with van der Waals surface area (Å²) in [6.45, 7) is 3.99. The van der Waals surface area contributed by atoms with Crippen LogP contribution in [0.15, 0.2) is 47.4 Å². The predicted molar refractivity (Wildman–Crippen MR) is 93.0 cm³/mol. The zero-order chi connectivity index (χ0) is 17.7. The first-order chi connectivity index (χ1) is 11.4. The molecule has 0 aliphatic carbocycles. The minimum Gasteiger partial charge on any atom is -0.492 e. The van der Waals surface area contributed by atoms with E-state index >= 15 is 0 Å². The number of sulfonamides is 1. The highest BCUT2D eigenvalue weighted by molar-refractivity contribution is 7.92. The van der Waals surface area contributed by atoms with Crippen molar-refractivity contribution in [2.45, 2.75) is 18.7 Å². The van der Waals surface area contributed by atoms with Gasteiger partial charge < -0.3 is 10.1 Å². The Bertz CT molecular complexity index is 847. The van der Waals surface area contributed by atoms with Crippen LogP contribution in [-0.2, 0) is 10.0 Å². The fourth-order valence-electron chi connectivity index (χ4n) is 2.18. The van der Waals surface area contributed by atoms with Crippen molar-refractivity contribution in [2.75, 3.05) is 18.4 Å². The van der Waals surface area contributed by atoms with E-state index in [2.05, 4.69) is 10.0 Å². The number of carbonyl (C=O) groups is 1. The van der Waals surface area contributed by atoms with Gasteiger partial charge >= 0.3 is 0 Å². The summed E-state index contributed by atoms with van der Waals surface area (Å²) in [4.78, 5) is 11.9. The molecule has 0 unspecified atom stereocenters. The van der Waals surface area contributed by atoms with E-state index < -0.39 is 10.0 Å². The quantitative estimate of drug-likeness (QED) is 0.840. The highest BCUT2D eigenvalue weighted by atomic mass is 32.2. The first-order valence-corrected chi connectivity index (χ1v) is 8.94. The second-order valence-corrected chi connectivity index (χ2v) is 6.77. The van der Waals surface area contributed by atoms with Gasteiger partial charge in [0.25, 0.3) is 15.9 Å². The number of rotatable bonds is 6. The lowest BCUT2D eigenvalue weighted by molar-refractivity contribution is 0.0962. The highest BCUT2D eigenvalue weighted by Gasteiger charge is 2.19. The Hall–Kier alpha value is -2.54. The Kier molecular flexibility index (Phi) is 5.46. The van der Waals surface area contributed by atoms with Crippen LogP contribution >= 0.6 is 0 Å². The molecule has 6 nitrogen and oxygen atoms in total. The zero-order valence-corrected chi connectivity index (χ0v) is 14.6. The van der Waals surface area contributed by atoms with Gasteiger partial charge in [0, 0.05) is 12.6 Å². The molecule has 0 aromatic heterocycles. The van der Waals surface area contributed by atoms with Crippen LogP contribution in [0.2, 0.25) is 0 Å². The maximum absolute atomic E-state index is 12.6. The van der Waals surface area contributed by atoms with E-state index in [4.69, 9.17) is 4.74 Å². The average Bonchev–Trinajstić information content (AvgIpc) is 2.56. The number of carbonyl (C=O) groups excluding carboxylic acids is 1. The molecule has 7 heteroatoms. The lowest BCUT2D eigenvalue weighted by Gasteiger charge is -2.13. The van der Waals surface area contributed by atoms with Crippen LogP contribution in [0.4, 0.5) is 5.69 Å². The minimum absolute atomic E-state index is 0.0120. The minimum atomic E-state index is -3.85. The van der Waals surface area contributed by atoms with E-state index in [0.29, 0.717) is 29.2 Å². The summed E-state index contributed by atoms with van der Waals surface area (Å²) < 4.78 is 33.2. The van der Waals surface area contributed by atoms with Crippen molar-refractivity contribution < 1.29 is 17.9 Å². The summed E-state index contributed by atoms with van der Waals surface area (Å²) in [6, 6.07) is 11.2. The molecule has 2 N–H and O–H groups in total. The molecule has 2 aromatic carbocycles. The maximum atomic E-state index is 12.6. The van der Waals surface area contributed by atoms with Gasteiger partial charge in [-0.05, 0) is 43.7 Å². The summed E-state index contributed by atoms with van der Waals surface area (Å²) in [6.07, 6.45) is 0. The molecule has 0 saturated carbocycles. The molecule has 0 saturated heterocycles. The molecule has 128 valence electrons. The SMILES string of the molecule is CCOc1ccccc1NS(=O)(=O)c1ccc(C)c(C(=O)NC)c1. The molecule has 0 fully saturated rings. The molecular formula is C17H20N2O4S. The Labute approximate surface area is 141 Å². The summed E-state index contributed by atoms with van der Waals surface area (Å²) in [5.74, 6) is 0.112. The smallest absolute Gasteiger partial charge is 0.262 e. The molecule has 0 atom stereocenters. The van der Waals surface area contributed by atoms with Gasteiger partial charge in [-0.1, -0.05) is 18.2 Å². The summed E-state index contributed by atoms with van der Waals surface area (Å²) in [5, 5.41) is 2.50. The number of hydrogen-bond donors (Lipinski definition) is 2. The summed E-state index contributed by atoms with van der Waals surface area (Å²) in [7, 11) is -2.35. The van der Waals surface area contributed by atoms with Gasteiger partial charge in [0.15, 0.2) is 0 Å². The van der Waals surface area contributed by atoms with Crippen LogP contribution in [0.3, 0.4) is 0 Å². The molecule has 0 heterocycles. The van der Waals surface area contributed by atoms with Crippen molar-refractivity contribution in [3.05, 3.63) is 53.6 Å². The molecule has 0 bridgehead atoms. The number of nitrogens with one attached hydrogen (secondary N) is 2. The molecule has 0 aliphatic heterocycles. The van der Waals surface area contributed by atoms with Crippen LogP contribution in [0.1, 0.15) is 22.8 Å². The number of hydrogen-bond acceptors (Lipinski definition) is 4. The van der Waals surface area contributed by atoms with Crippen molar-refractivity contribution in [2.24, 2.45) is 0 Å². The van der Waals surface area contributed by atoms with Crippen molar-refractivity contribution in [3.63, 3.8) is 0 Å². The van der Waals surface area contributed by atoms with Gasteiger partial charge in [-0.2, -0.15) is 0 Å². The standard InChI is InChI=1S/C17H20N2O4S/c1-4-23-16-8-6-5-7-15(16)19-24(21,22)13-10-9-12(2)14(11-13)17(20)18-3/h5-11,19H,4H2,1-3H3,(H,18,20). The number of aryl methyl sites for hydroxylation is 1. The van der Waals surface area contributed by atoms with E-state index in [0.717, 1.165) is 0 Å². The maximum Gasteiger partial charge on any atom is 0.262 e. The summed E-state index contributed by atoms with van der Waals surface area (Å²) >= 11 is 0. The Balaban J connectivity index is 2.40. The number of benzene rings is 2. The normalized spacial score (nSPS) is 11.0. The van der Waals surface area contributed by atoms with Crippen LogP contribution < -0.4 is 14.8 Å². The fourth-order valence-corrected chi connectivity index (χ4v) is 3.28. The van der Waals surface area contributed by atoms with E-state index in [9.17, 15) is 13.2 Å². The van der Waals surface area contributed by atoms with Gasteiger partial charge in [0.2, 0.25) is 0 Å². The first-order valence-electron chi connectivity index (χ1n) is 7.46. The largest absolute Gasteiger partial charge is 0.492 e. The van der Waals surface area contributed by atoms with Gasteiger partial charge in [-0.25, -0.2) is 8.42 Å². The lowest BCUT2D eigenvalue weighted by Crippen LogP contribution is -2.20. The number of anilines is 1. The van der Waals surface area contributed by atoms with Crippen molar-refractivity contribution in [3.8, 4) is 5.75 Å². The molecule has 0 aliphatic rings. The van der Waals surface area contributed by atoms with Crippen molar-refractivity contribution in [1.82, 2.24) is 5.32 Å². The second-order valence-electron chi connectivity index (χ2n) is 5.09. The van der Waals surface area contributed by atoms with Crippen LogP contribution in [0.25, 0.3) is 0 Å². The first kappa shape index (κ1) is 17.8. The van der Waals surface area contributed by atoms with E-state index in [1.807, 2.05) is 6.92 Å². The molecule has 2 aromatic rings. The van der Waals surface area contributed by atoms with Gasteiger partial charge in [0.05, 0.1) is 17.2 Å². The molecule has 2 rings (SSSR count). The molecule has 24 heavy (non-hydrogen) atoms. The van der Waals surface area contributed by atoms with Gasteiger partial charge in [-0.15, -0.1) is 0 Å². The van der Waals surface area contributed by atoms with Crippen LogP contribution in [0.5, 0.6) is 5.75 Å². The third-order valence-electron chi connectivity index (χ3n) is 3.42. The van der Waals surface area contributed by atoms with Crippen molar-refractivity contribution >= 4 is 21.6 Å². The topological polar surface area (TPSA) is 84.5 Å². The molecule has 0 radical (unpaired) electrons. The third-order valence-corrected chi connectivity index (χ3v) is 4.79. The van der Waals surface area contributed by atoms with E-state index in [-0.39, 0.29) is 10.8 Å². The predicted octanol–water partition coefficient (Wildman–Crippen LogP) is 2.55. The van der Waals surface area contributed by atoms with Gasteiger partial charge in [0.1, 0.15) is 5.75 Å².